The van der Waals surface area contributed by atoms with Crippen LogP contribution in [0.2, 0.25) is 0 Å². The van der Waals surface area contributed by atoms with Gasteiger partial charge >= 0.3 is 10.0 Å². The zero-order valence-electron chi connectivity index (χ0n) is 8.77. The van der Waals surface area contributed by atoms with Gasteiger partial charge in [-0.15, -0.1) is 0 Å². The highest BCUT2D eigenvalue weighted by Gasteiger charge is 2.23. The molecule has 1 rings (SSSR count). The van der Waals surface area contributed by atoms with Gasteiger partial charge in [-0.3, -0.25) is 0 Å². The van der Waals surface area contributed by atoms with Gasteiger partial charge in [0.15, 0.2) is 0 Å². The third-order valence-electron chi connectivity index (χ3n) is 2.01. The molecule has 0 saturated heterocycles. The molecule has 0 aliphatic heterocycles. The Morgan fingerprint density at radius 1 is 1.20 bits per heavy atom. The van der Waals surface area contributed by atoms with E-state index in [0.29, 0.717) is 11.1 Å². The van der Waals surface area contributed by atoms with Crippen molar-refractivity contribution in [3.63, 3.8) is 0 Å². The summed E-state index contributed by atoms with van der Waals surface area (Å²) in [4.78, 5) is 2.72. The van der Waals surface area contributed by atoms with Crippen LogP contribution in [0, 0.1) is 26.3 Å². The Kier molecular flexibility index (Phi) is 3.02. The summed E-state index contributed by atoms with van der Waals surface area (Å²) in [6.07, 6.45) is 0. The molecule has 1 aromatic carbocycles. The van der Waals surface area contributed by atoms with Crippen molar-refractivity contribution in [2.75, 3.05) is 0 Å². The van der Waals surface area contributed by atoms with Gasteiger partial charge in [0.25, 0.3) is 4.52 Å². The summed E-state index contributed by atoms with van der Waals surface area (Å²) >= 11 is 0. The van der Waals surface area contributed by atoms with Crippen LogP contribution in [0.4, 0.5) is 0 Å². The Hall–Kier alpha value is -1.52. The van der Waals surface area contributed by atoms with Crippen LogP contribution in [0.3, 0.4) is 0 Å². The summed E-state index contributed by atoms with van der Waals surface area (Å²) in [7, 11) is -3.82. The van der Waals surface area contributed by atoms with E-state index in [-0.39, 0.29) is 4.90 Å². The fourth-order valence-corrected chi connectivity index (χ4v) is 2.79. The molecule has 0 aliphatic rings. The van der Waals surface area contributed by atoms with Gasteiger partial charge in [-0.05, 0) is 31.9 Å². The van der Waals surface area contributed by atoms with Crippen molar-refractivity contribution >= 4 is 10.0 Å². The van der Waals surface area contributed by atoms with Crippen LogP contribution < -0.4 is 4.91 Å². The van der Waals surface area contributed by atoms with E-state index in [1.807, 2.05) is 6.92 Å². The minimum absolute atomic E-state index is 0.143. The summed E-state index contributed by atoms with van der Waals surface area (Å²) in [5.41, 5.74) is 8.71. The minimum Gasteiger partial charge on any atom is -0.193 e. The second-order valence-corrected chi connectivity index (χ2v) is 4.91. The molecular weight excluding hydrogens is 214 g/mol. The molecule has 0 fully saturated rings. The fraction of sp³-hybridized carbons (Fsp3) is 0.333. The first-order valence-corrected chi connectivity index (χ1v) is 5.74. The monoisotopic (exact) mass is 226 g/mol. The molecule has 0 bridgehead atoms. The second kappa shape index (κ2) is 3.92. The molecule has 1 N–H and O–H groups in total. The molecule has 15 heavy (non-hydrogen) atoms. The van der Waals surface area contributed by atoms with Gasteiger partial charge in [-0.2, -0.15) is 8.42 Å². The van der Waals surface area contributed by atoms with Crippen LogP contribution in [0.1, 0.15) is 16.7 Å². The topological polar surface area (TPSA) is 84.5 Å². The Morgan fingerprint density at radius 2 is 1.67 bits per heavy atom. The Balaban J connectivity index is 3.59. The van der Waals surface area contributed by atoms with Crippen molar-refractivity contribution in [1.29, 1.82) is 5.53 Å². The maximum Gasteiger partial charge on any atom is 0.356 e. The normalized spacial score (nSPS) is 10.9. The van der Waals surface area contributed by atoms with Crippen molar-refractivity contribution in [3.8, 4) is 0 Å². The number of nitrogens with one attached hydrogen (secondary N) is 1. The second-order valence-electron chi connectivity index (χ2n) is 3.38. The summed E-state index contributed by atoms with van der Waals surface area (Å²) in [5.74, 6) is 0. The smallest absolute Gasteiger partial charge is 0.193 e. The molecule has 5 nitrogen and oxygen atoms in total. The molecule has 0 aliphatic carbocycles. The average molecular weight is 226 g/mol. The van der Waals surface area contributed by atoms with E-state index in [2.05, 4.69) is 9.43 Å². The quantitative estimate of drug-likeness (QED) is 0.616. The first-order chi connectivity index (χ1) is 6.88. The van der Waals surface area contributed by atoms with E-state index >= 15 is 0 Å². The molecule has 0 unspecified atom stereocenters. The lowest BCUT2D eigenvalue weighted by molar-refractivity contribution is 0.592. The number of hydrogen-bond donors (Lipinski definition) is 1. The zero-order chi connectivity index (χ0) is 11.6. The van der Waals surface area contributed by atoms with Gasteiger partial charge in [-0.25, -0.2) is 0 Å². The third-order valence-corrected chi connectivity index (χ3v) is 3.47. The van der Waals surface area contributed by atoms with Crippen molar-refractivity contribution in [1.82, 2.24) is 4.91 Å². The Labute approximate surface area is 88.4 Å². The molecule has 6 heteroatoms. The van der Waals surface area contributed by atoms with Gasteiger partial charge in [-0.1, -0.05) is 17.7 Å². The summed E-state index contributed by atoms with van der Waals surface area (Å²) in [6.45, 7) is 5.29. The number of hydrogen-bond acceptors (Lipinski definition) is 3. The summed E-state index contributed by atoms with van der Waals surface area (Å²) < 4.78 is 26.2. The van der Waals surface area contributed by atoms with Crippen LogP contribution in [-0.2, 0) is 10.0 Å². The summed E-state index contributed by atoms with van der Waals surface area (Å²) in [5, 5.41) is 0. The highest BCUT2D eigenvalue weighted by Crippen LogP contribution is 2.22. The molecule has 0 spiro atoms. The Morgan fingerprint density at radius 3 is 2.07 bits per heavy atom. The van der Waals surface area contributed by atoms with E-state index in [1.54, 1.807) is 26.0 Å². The van der Waals surface area contributed by atoms with Gasteiger partial charge in [0.05, 0.1) is 0 Å². The number of rotatable bonds is 2. The average Bonchev–Trinajstić information content (AvgIpc) is 1.99. The van der Waals surface area contributed by atoms with E-state index in [0.717, 1.165) is 5.56 Å². The number of sulfonamides is 1. The molecule has 0 atom stereocenters. The van der Waals surface area contributed by atoms with Crippen LogP contribution >= 0.6 is 0 Å². The SMILES string of the molecule is Cc1cc(C)c(S(=O)(=O)N=[N+]=N)c(C)c1. The zero-order valence-corrected chi connectivity index (χ0v) is 9.59. The fourth-order valence-electron chi connectivity index (χ4n) is 1.67. The molecule has 0 radical (unpaired) electrons. The molecule has 80 valence electrons. The predicted octanol–water partition coefficient (Wildman–Crippen LogP) is 1.85. The maximum atomic E-state index is 11.6. The lowest BCUT2D eigenvalue weighted by atomic mass is 10.1. The highest BCUT2D eigenvalue weighted by molar-refractivity contribution is 7.90. The highest BCUT2D eigenvalue weighted by atomic mass is 32.2. The van der Waals surface area contributed by atoms with E-state index in [9.17, 15) is 8.42 Å². The number of nitrogens with zero attached hydrogens (tertiary/aromatic N) is 2. The van der Waals surface area contributed by atoms with Crippen molar-refractivity contribution < 1.29 is 8.42 Å². The molecule has 0 heterocycles. The first-order valence-electron chi connectivity index (χ1n) is 4.30. The molecule has 0 saturated carbocycles. The van der Waals surface area contributed by atoms with Gasteiger partial charge in [0.1, 0.15) is 10.4 Å². The van der Waals surface area contributed by atoms with Crippen LogP contribution in [0.5, 0.6) is 0 Å². The van der Waals surface area contributed by atoms with Crippen LogP contribution in [-0.4, -0.2) is 8.42 Å². The van der Waals surface area contributed by atoms with Gasteiger partial charge in [0, 0.05) is 0 Å². The molecule has 0 aromatic heterocycles. The largest absolute Gasteiger partial charge is 0.356 e. The molecular formula is C9H12N3O2S+. The van der Waals surface area contributed by atoms with E-state index < -0.39 is 10.0 Å². The lowest BCUT2D eigenvalue weighted by Gasteiger charge is -2.05. The maximum absolute atomic E-state index is 11.6. The minimum atomic E-state index is -3.82. The Bertz CT molecular complexity index is 519. The third kappa shape index (κ3) is 2.29. The number of aryl methyl sites for hydroxylation is 3. The van der Waals surface area contributed by atoms with Crippen LogP contribution in [0.15, 0.2) is 21.5 Å². The lowest BCUT2D eigenvalue weighted by Crippen LogP contribution is -2.03. The van der Waals surface area contributed by atoms with Crippen molar-refractivity contribution in [3.05, 3.63) is 28.8 Å². The van der Waals surface area contributed by atoms with Gasteiger partial charge < -0.3 is 0 Å². The predicted molar refractivity (Wildman–Crippen MR) is 55.1 cm³/mol. The van der Waals surface area contributed by atoms with Gasteiger partial charge in [0.2, 0.25) is 4.91 Å². The standard InChI is InChI=1S/C9H12N3O2S/c1-6-4-7(2)9(8(3)5-6)15(13,14)12-11-10/h4-5,10H,1-3H3/q+1. The number of benzene rings is 1. The van der Waals surface area contributed by atoms with Crippen LogP contribution in [0.25, 0.3) is 0 Å². The molecule has 1 aromatic rings. The van der Waals surface area contributed by atoms with Crippen molar-refractivity contribution in [2.24, 2.45) is 4.52 Å². The van der Waals surface area contributed by atoms with E-state index in [4.69, 9.17) is 5.53 Å². The molecule has 0 amide bonds. The van der Waals surface area contributed by atoms with Crippen molar-refractivity contribution in [2.45, 2.75) is 25.7 Å². The first kappa shape index (κ1) is 11.6. The van der Waals surface area contributed by atoms with E-state index in [1.165, 1.54) is 0 Å². The summed E-state index contributed by atoms with van der Waals surface area (Å²) in [6, 6.07) is 3.53.